The summed E-state index contributed by atoms with van der Waals surface area (Å²) in [5.74, 6) is -0.415. The van der Waals surface area contributed by atoms with Crippen molar-refractivity contribution in [1.82, 2.24) is 4.98 Å². The van der Waals surface area contributed by atoms with E-state index in [1.165, 1.54) is 7.11 Å². The second kappa shape index (κ2) is 8.50. The molecular formula is C22H17BrN4O4. The van der Waals surface area contributed by atoms with Gasteiger partial charge < -0.3 is 20.3 Å². The summed E-state index contributed by atoms with van der Waals surface area (Å²) in [7, 11) is 1.45. The predicted molar refractivity (Wildman–Crippen MR) is 118 cm³/mol. The van der Waals surface area contributed by atoms with Crippen LogP contribution in [0.1, 0.15) is 34.9 Å². The number of halogens is 1. The lowest BCUT2D eigenvalue weighted by Crippen LogP contribution is -2.10. The Kier molecular flexibility index (Phi) is 6.00. The van der Waals surface area contributed by atoms with Gasteiger partial charge in [-0.05, 0) is 70.3 Å². The molecule has 156 valence electrons. The number of methoxy groups -OCH3 is 1. The summed E-state index contributed by atoms with van der Waals surface area (Å²) in [6.45, 7) is 3.07. The highest BCUT2D eigenvalue weighted by Gasteiger charge is 2.29. The molecule has 8 nitrogen and oxygen atoms in total. The zero-order chi connectivity index (χ0) is 22.9. The zero-order valence-electron chi connectivity index (χ0n) is 16.9. The number of hydrogen-bond donors (Lipinski definition) is 2. The van der Waals surface area contributed by atoms with Crippen LogP contribution in [0.3, 0.4) is 0 Å². The maximum atomic E-state index is 10.8. The average Bonchev–Trinajstić information content (AvgIpc) is 2.97. The van der Waals surface area contributed by atoms with Crippen molar-refractivity contribution in [3.8, 4) is 23.6 Å². The van der Waals surface area contributed by atoms with Gasteiger partial charge in [0, 0.05) is 5.56 Å². The van der Waals surface area contributed by atoms with Crippen molar-refractivity contribution in [3.63, 3.8) is 0 Å². The predicted octanol–water partition coefficient (Wildman–Crippen LogP) is 3.93. The van der Waals surface area contributed by atoms with Gasteiger partial charge in [-0.3, -0.25) is 0 Å². The van der Waals surface area contributed by atoms with Gasteiger partial charge in [-0.15, -0.1) is 0 Å². The number of pyridine rings is 1. The number of benzene rings is 1. The Morgan fingerprint density at radius 3 is 2.61 bits per heavy atom. The summed E-state index contributed by atoms with van der Waals surface area (Å²) in [4.78, 5) is 15.2. The van der Waals surface area contributed by atoms with Crippen LogP contribution in [0, 0.1) is 29.6 Å². The summed E-state index contributed by atoms with van der Waals surface area (Å²) in [5.41, 5.74) is 10.5. The summed E-state index contributed by atoms with van der Waals surface area (Å²) >= 11 is 3.39. The number of ether oxygens (including phenoxy) is 2. The van der Waals surface area contributed by atoms with Gasteiger partial charge in [0.2, 0.25) is 0 Å². The van der Waals surface area contributed by atoms with Crippen molar-refractivity contribution in [2.75, 3.05) is 19.5 Å². The zero-order valence-corrected chi connectivity index (χ0v) is 18.5. The van der Waals surface area contributed by atoms with Gasteiger partial charge >= 0.3 is 5.97 Å². The number of anilines is 1. The quantitative estimate of drug-likeness (QED) is 0.654. The molecule has 3 N–H and O–H groups in total. The first-order valence-corrected chi connectivity index (χ1v) is 9.78. The van der Waals surface area contributed by atoms with Crippen LogP contribution in [-0.4, -0.2) is 29.8 Å². The van der Waals surface area contributed by atoms with Crippen LogP contribution in [0.4, 0.5) is 5.82 Å². The highest BCUT2D eigenvalue weighted by molar-refractivity contribution is 9.10. The van der Waals surface area contributed by atoms with E-state index in [1.807, 2.05) is 13.0 Å². The number of fused-ring (bicyclic) bond motifs is 1. The van der Waals surface area contributed by atoms with Crippen molar-refractivity contribution in [3.05, 3.63) is 50.1 Å². The first kappa shape index (κ1) is 21.9. The minimum atomic E-state index is -1.11. The van der Waals surface area contributed by atoms with Gasteiger partial charge in [0.1, 0.15) is 18.0 Å². The first-order chi connectivity index (χ1) is 14.7. The smallest absolute Gasteiger partial charge is 0.341 e. The lowest BCUT2D eigenvalue weighted by molar-refractivity contribution is -0.139. The van der Waals surface area contributed by atoms with E-state index in [0.29, 0.717) is 43.8 Å². The number of rotatable bonds is 5. The van der Waals surface area contributed by atoms with E-state index in [4.69, 9.17) is 20.3 Å². The molecule has 1 aromatic carbocycles. The molecular weight excluding hydrogens is 464 g/mol. The summed E-state index contributed by atoms with van der Waals surface area (Å²) < 4.78 is 11.2. The van der Waals surface area contributed by atoms with Crippen LogP contribution in [0.25, 0.3) is 17.2 Å². The fourth-order valence-corrected chi connectivity index (χ4v) is 4.03. The van der Waals surface area contributed by atoms with Gasteiger partial charge in [0.05, 0.1) is 28.4 Å². The van der Waals surface area contributed by atoms with Crippen molar-refractivity contribution in [2.45, 2.75) is 13.8 Å². The number of aromatic nitrogens is 1. The number of carboxylic acids is 1. The molecule has 0 saturated carbocycles. The standard InChI is InChI=1S/C22H17BrN4O4/c1-10-13(19-11(2)15(8-25)22(26)27-20(19)14(10)7-24)4-12-5-16(23)21(17(6-12)30-3)31-9-18(28)29/h4-6H,9H2,1-3H3,(H2,26,27)(H,28,29)/b13-4-. The van der Waals surface area contributed by atoms with Crippen LogP contribution in [0.15, 0.2) is 22.2 Å². The minimum absolute atomic E-state index is 0.0879. The van der Waals surface area contributed by atoms with Crippen molar-refractivity contribution in [1.29, 1.82) is 10.5 Å². The Hall–Kier alpha value is -3.82. The SMILES string of the molecule is COc1cc(/C=C2/C(C)=C(C#N)c3nc(N)c(C#N)c(C)c32)cc(Br)c1OCC(=O)O. The van der Waals surface area contributed by atoms with Gasteiger partial charge in [0.15, 0.2) is 18.1 Å². The largest absolute Gasteiger partial charge is 0.493 e. The minimum Gasteiger partial charge on any atom is -0.493 e. The molecule has 0 atom stereocenters. The van der Waals surface area contributed by atoms with Crippen molar-refractivity contribution < 1.29 is 19.4 Å². The molecule has 0 amide bonds. The molecule has 1 aliphatic carbocycles. The molecule has 1 aliphatic rings. The number of nitrogen functional groups attached to an aromatic ring is 1. The van der Waals surface area contributed by atoms with Crippen molar-refractivity contribution in [2.24, 2.45) is 0 Å². The van der Waals surface area contributed by atoms with E-state index in [9.17, 15) is 15.3 Å². The molecule has 0 saturated heterocycles. The molecule has 0 aliphatic heterocycles. The second-order valence-electron chi connectivity index (χ2n) is 6.72. The van der Waals surface area contributed by atoms with Crippen LogP contribution in [0.5, 0.6) is 11.5 Å². The van der Waals surface area contributed by atoms with E-state index >= 15 is 0 Å². The topological polar surface area (TPSA) is 142 Å². The third kappa shape index (κ3) is 3.83. The fourth-order valence-electron chi connectivity index (χ4n) is 3.46. The Bertz CT molecular complexity index is 1270. The van der Waals surface area contributed by atoms with E-state index in [1.54, 1.807) is 19.1 Å². The third-order valence-electron chi connectivity index (χ3n) is 4.89. The molecule has 0 fully saturated rings. The monoisotopic (exact) mass is 480 g/mol. The molecule has 1 aromatic heterocycles. The van der Waals surface area contributed by atoms with Gasteiger partial charge in [-0.25, -0.2) is 9.78 Å². The number of carbonyl (C=O) groups is 1. The first-order valence-electron chi connectivity index (χ1n) is 8.99. The van der Waals surface area contributed by atoms with Crippen LogP contribution in [-0.2, 0) is 4.79 Å². The Morgan fingerprint density at radius 1 is 1.32 bits per heavy atom. The number of aliphatic carboxylic acids is 1. The summed E-state index contributed by atoms with van der Waals surface area (Å²) in [6, 6.07) is 7.69. The Morgan fingerprint density at radius 2 is 2.03 bits per heavy atom. The van der Waals surface area contributed by atoms with Crippen LogP contribution >= 0.6 is 15.9 Å². The number of nitrogens with two attached hydrogens (primary N) is 1. The molecule has 0 unspecified atom stereocenters. The molecule has 0 radical (unpaired) electrons. The Labute approximate surface area is 187 Å². The number of allylic oxidation sites excluding steroid dienone is 3. The number of carboxylic acid groups (broad SMARTS) is 1. The molecule has 3 rings (SSSR count). The molecule has 0 bridgehead atoms. The number of nitriles is 2. The highest BCUT2D eigenvalue weighted by atomic mass is 79.9. The molecule has 9 heteroatoms. The Balaban J connectivity index is 2.21. The lowest BCUT2D eigenvalue weighted by Gasteiger charge is -2.14. The summed E-state index contributed by atoms with van der Waals surface area (Å²) in [6.07, 6.45) is 1.85. The average molecular weight is 481 g/mol. The van der Waals surface area contributed by atoms with E-state index in [-0.39, 0.29) is 17.1 Å². The molecule has 2 aromatic rings. The van der Waals surface area contributed by atoms with Crippen molar-refractivity contribution >= 4 is 44.9 Å². The molecule has 1 heterocycles. The van der Waals surface area contributed by atoms with E-state index < -0.39 is 12.6 Å². The molecule has 31 heavy (non-hydrogen) atoms. The number of hydrogen-bond acceptors (Lipinski definition) is 7. The van der Waals surface area contributed by atoms with Gasteiger partial charge in [0.25, 0.3) is 0 Å². The van der Waals surface area contributed by atoms with Crippen LogP contribution < -0.4 is 15.2 Å². The number of nitrogens with zero attached hydrogens (tertiary/aromatic N) is 3. The second-order valence-corrected chi connectivity index (χ2v) is 7.57. The van der Waals surface area contributed by atoms with E-state index in [0.717, 1.165) is 5.57 Å². The normalized spacial score (nSPS) is 13.5. The maximum Gasteiger partial charge on any atom is 0.341 e. The van der Waals surface area contributed by atoms with Gasteiger partial charge in [-0.2, -0.15) is 10.5 Å². The lowest BCUT2D eigenvalue weighted by atomic mass is 9.95. The van der Waals surface area contributed by atoms with Crippen LogP contribution in [0.2, 0.25) is 0 Å². The fraction of sp³-hybridized carbons (Fsp3) is 0.182. The van der Waals surface area contributed by atoms with E-state index in [2.05, 4.69) is 33.1 Å². The molecule has 0 spiro atoms. The summed E-state index contributed by atoms with van der Waals surface area (Å²) in [5, 5.41) is 28.0. The van der Waals surface area contributed by atoms with Gasteiger partial charge in [-0.1, -0.05) is 0 Å². The highest BCUT2D eigenvalue weighted by Crippen LogP contribution is 2.45. The maximum absolute atomic E-state index is 10.8. The third-order valence-corrected chi connectivity index (χ3v) is 5.48.